The molecule has 2 aromatic rings. The van der Waals surface area contributed by atoms with E-state index in [-0.39, 0.29) is 24.8 Å². The Bertz CT molecular complexity index is 744. The summed E-state index contributed by atoms with van der Waals surface area (Å²) in [5, 5.41) is 4.36. The van der Waals surface area contributed by atoms with E-state index in [9.17, 15) is 0 Å². The zero-order valence-corrected chi connectivity index (χ0v) is 20.1. The zero-order valence-electron chi connectivity index (χ0n) is 17.7. The highest BCUT2D eigenvalue weighted by molar-refractivity contribution is 6.30. The number of hydrogen-bond donors (Lipinski definition) is 1. The first-order valence-electron chi connectivity index (χ1n) is 10.3. The summed E-state index contributed by atoms with van der Waals surface area (Å²) in [6.45, 7) is 9.45. The summed E-state index contributed by atoms with van der Waals surface area (Å²) >= 11 is 5.98. The molecule has 0 bridgehead atoms. The average molecular weight is 476 g/mol. The van der Waals surface area contributed by atoms with Crippen molar-refractivity contribution in [2.45, 2.75) is 45.9 Å². The van der Waals surface area contributed by atoms with Crippen molar-refractivity contribution in [1.29, 1.82) is 0 Å². The molecular weight excluding hydrogens is 443 g/mol. The van der Waals surface area contributed by atoms with Gasteiger partial charge in [0.05, 0.1) is 6.61 Å². The quantitative estimate of drug-likeness (QED) is 0.475. The number of para-hydroxylation sites is 1. The van der Waals surface area contributed by atoms with E-state index in [1.807, 2.05) is 43.3 Å². The number of benzene rings is 2. The molecule has 0 aromatic heterocycles. The fourth-order valence-corrected chi connectivity index (χ4v) is 3.91. The van der Waals surface area contributed by atoms with Crippen molar-refractivity contribution >= 4 is 36.4 Å². The van der Waals surface area contributed by atoms with Gasteiger partial charge in [0.2, 0.25) is 0 Å². The summed E-state index contributed by atoms with van der Waals surface area (Å²) in [4.78, 5) is 2.56. The molecule has 0 aliphatic carbocycles. The molecule has 1 fully saturated rings. The van der Waals surface area contributed by atoms with Crippen LogP contribution in [0.4, 0.5) is 0 Å². The molecule has 1 unspecified atom stereocenters. The predicted molar refractivity (Wildman–Crippen MR) is 130 cm³/mol. The summed E-state index contributed by atoms with van der Waals surface area (Å²) < 4.78 is 12.0. The van der Waals surface area contributed by atoms with Gasteiger partial charge in [-0.15, -0.1) is 24.8 Å². The number of nitrogens with zero attached hydrogens (tertiary/aromatic N) is 1. The standard InChI is InChI=1S/C23H31ClN2O2.2ClH/c1-3-26-14-6-8-21(26)16-25-15-19-7-5-9-22(27-4-2)23(19)28-17-18-10-12-20(24)13-11-18;;/h5,7,9-13,21,25H,3-4,6,8,14-17H2,1-2H3;2*1H. The van der Waals surface area contributed by atoms with Crippen LogP contribution in [-0.4, -0.2) is 37.2 Å². The van der Waals surface area contributed by atoms with Crippen molar-refractivity contribution in [3.63, 3.8) is 0 Å². The monoisotopic (exact) mass is 474 g/mol. The van der Waals surface area contributed by atoms with Crippen molar-refractivity contribution in [2.75, 3.05) is 26.2 Å². The Kier molecular flexibility index (Phi) is 12.5. The number of rotatable bonds is 10. The average Bonchev–Trinajstić information content (AvgIpc) is 3.16. The van der Waals surface area contributed by atoms with Crippen LogP contribution in [0.25, 0.3) is 0 Å². The maximum Gasteiger partial charge on any atom is 0.166 e. The maximum absolute atomic E-state index is 6.19. The lowest BCUT2D eigenvalue weighted by atomic mass is 10.1. The summed E-state index contributed by atoms with van der Waals surface area (Å²) in [7, 11) is 0. The van der Waals surface area contributed by atoms with Gasteiger partial charge in [-0.2, -0.15) is 0 Å². The molecule has 1 aliphatic rings. The molecule has 1 N–H and O–H groups in total. The van der Waals surface area contributed by atoms with E-state index in [4.69, 9.17) is 21.1 Å². The van der Waals surface area contributed by atoms with Gasteiger partial charge in [-0.1, -0.05) is 42.8 Å². The van der Waals surface area contributed by atoms with Crippen LogP contribution in [0.5, 0.6) is 11.5 Å². The Morgan fingerprint density at radius 1 is 1.07 bits per heavy atom. The minimum absolute atomic E-state index is 0. The van der Waals surface area contributed by atoms with Crippen LogP contribution in [-0.2, 0) is 13.2 Å². The second-order valence-corrected chi connectivity index (χ2v) is 7.58. The normalized spacial score (nSPS) is 15.9. The highest BCUT2D eigenvalue weighted by Gasteiger charge is 2.22. The van der Waals surface area contributed by atoms with E-state index < -0.39 is 0 Å². The summed E-state index contributed by atoms with van der Waals surface area (Å²) in [5.74, 6) is 1.62. The number of nitrogens with one attached hydrogen (secondary N) is 1. The van der Waals surface area contributed by atoms with Gasteiger partial charge in [0.25, 0.3) is 0 Å². The largest absolute Gasteiger partial charge is 0.490 e. The third-order valence-corrected chi connectivity index (χ3v) is 5.51. The topological polar surface area (TPSA) is 33.7 Å². The first-order chi connectivity index (χ1) is 13.7. The number of ether oxygens (including phenoxy) is 2. The number of hydrogen-bond acceptors (Lipinski definition) is 4. The summed E-state index contributed by atoms with van der Waals surface area (Å²) in [5.41, 5.74) is 2.21. The molecule has 30 heavy (non-hydrogen) atoms. The molecule has 3 rings (SSSR count). The second-order valence-electron chi connectivity index (χ2n) is 7.15. The van der Waals surface area contributed by atoms with Crippen LogP contribution in [0.2, 0.25) is 5.02 Å². The van der Waals surface area contributed by atoms with E-state index in [1.54, 1.807) is 0 Å². The molecule has 0 amide bonds. The van der Waals surface area contributed by atoms with E-state index in [0.717, 1.165) is 47.3 Å². The summed E-state index contributed by atoms with van der Waals surface area (Å²) in [6, 6.07) is 14.5. The van der Waals surface area contributed by atoms with Gasteiger partial charge in [0.15, 0.2) is 11.5 Å². The second kappa shape index (κ2) is 14.0. The molecule has 0 radical (unpaired) electrons. The number of likely N-dealkylation sites (tertiary alicyclic amines) is 1. The minimum Gasteiger partial charge on any atom is -0.490 e. The van der Waals surface area contributed by atoms with Gasteiger partial charge in [-0.05, 0) is 56.6 Å². The SMILES string of the molecule is CCOc1cccc(CNCC2CCCN2CC)c1OCc1ccc(Cl)cc1.Cl.Cl. The minimum atomic E-state index is 0. The molecule has 1 saturated heterocycles. The van der Waals surface area contributed by atoms with Gasteiger partial charge >= 0.3 is 0 Å². The first kappa shape index (κ1) is 26.9. The number of likely N-dealkylation sites (N-methyl/N-ethyl adjacent to an activating group) is 1. The van der Waals surface area contributed by atoms with Crippen molar-refractivity contribution in [2.24, 2.45) is 0 Å². The lowest BCUT2D eigenvalue weighted by Gasteiger charge is -2.23. The van der Waals surface area contributed by atoms with E-state index in [0.29, 0.717) is 19.3 Å². The van der Waals surface area contributed by atoms with Crippen LogP contribution in [0, 0.1) is 0 Å². The third kappa shape index (κ3) is 7.51. The van der Waals surface area contributed by atoms with Gasteiger partial charge in [0, 0.05) is 29.7 Å². The van der Waals surface area contributed by atoms with Crippen LogP contribution < -0.4 is 14.8 Å². The van der Waals surface area contributed by atoms with Gasteiger partial charge < -0.3 is 14.8 Å². The molecule has 0 saturated carbocycles. The Hall–Kier alpha value is -1.17. The lowest BCUT2D eigenvalue weighted by Crippen LogP contribution is -2.37. The van der Waals surface area contributed by atoms with Crippen molar-refractivity contribution in [1.82, 2.24) is 10.2 Å². The fourth-order valence-electron chi connectivity index (χ4n) is 3.79. The van der Waals surface area contributed by atoms with Crippen molar-refractivity contribution in [3.8, 4) is 11.5 Å². The van der Waals surface area contributed by atoms with Crippen LogP contribution in [0.1, 0.15) is 37.8 Å². The van der Waals surface area contributed by atoms with Gasteiger partial charge in [0.1, 0.15) is 6.61 Å². The molecule has 1 atom stereocenters. The van der Waals surface area contributed by atoms with Crippen molar-refractivity contribution < 1.29 is 9.47 Å². The Balaban J connectivity index is 0.00000225. The van der Waals surface area contributed by atoms with Crippen LogP contribution >= 0.6 is 36.4 Å². The van der Waals surface area contributed by atoms with Crippen molar-refractivity contribution in [3.05, 3.63) is 58.6 Å². The lowest BCUT2D eigenvalue weighted by molar-refractivity contribution is 0.256. The Labute approximate surface area is 198 Å². The summed E-state index contributed by atoms with van der Waals surface area (Å²) in [6.07, 6.45) is 2.58. The van der Waals surface area contributed by atoms with Gasteiger partial charge in [-0.3, -0.25) is 4.90 Å². The molecule has 4 nitrogen and oxygen atoms in total. The van der Waals surface area contributed by atoms with E-state index in [2.05, 4.69) is 23.2 Å². The third-order valence-electron chi connectivity index (χ3n) is 5.26. The zero-order chi connectivity index (χ0) is 19.8. The molecule has 7 heteroatoms. The van der Waals surface area contributed by atoms with Crippen LogP contribution in [0.15, 0.2) is 42.5 Å². The first-order valence-corrected chi connectivity index (χ1v) is 10.7. The van der Waals surface area contributed by atoms with E-state index in [1.165, 1.54) is 19.4 Å². The smallest absolute Gasteiger partial charge is 0.166 e. The molecule has 1 heterocycles. The van der Waals surface area contributed by atoms with Gasteiger partial charge in [-0.25, -0.2) is 0 Å². The molecule has 1 aliphatic heterocycles. The van der Waals surface area contributed by atoms with E-state index >= 15 is 0 Å². The highest BCUT2D eigenvalue weighted by atomic mass is 35.5. The fraction of sp³-hybridized carbons (Fsp3) is 0.478. The predicted octanol–water partition coefficient (Wildman–Crippen LogP) is 5.74. The molecular formula is C23H33Cl3N2O2. The maximum atomic E-state index is 6.19. The number of halogens is 3. The molecule has 0 spiro atoms. The Morgan fingerprint density at radius 3 is 2.53 bits per heavy atom. The molecule has 168 valence electrons. The Morgan fingerprint density at radius 2 is 1.83 bits per heavy atom. The van der Waals surface area contributed by atoms with Crippen LogP contribution in [0.3, 0.4) is 0 Å². The molecule has 2 aromatic carbocycles. The highest BCUT2D eigenvalue weighted by Crippen LogP contribution is 2.32.